The number of carbonyl (C=O) groups excluding carboxylic acids is 1. The van der Waals surface area contributed by atoms with E-state index in [1.807, 2.05) is 65.2 Å². The number of aromatic nitrogens is 1. The number of ketones is 1. The Kier molecular flexibility index (Phi) is 14.2. The van der Waals surface area contributed by atoms with E-state index >= 15 is 35.1 Å². The second-order valence-corrected chi connectivity index (χ2v) is 15.3. The van der Waals surface area contributed by atoms with Crippen LogP contribution in [0.2, 0.25) is 0 Å². The van der Waals surface area contributed by atoms with Crippen molar-refractivity contribution >= 4 is 50.4 Å². The van der Waals surface area contributed by atoms with Gasteiger partial charge >= 0.3 is 0 Å². The van der Waals surface area contributed by atoms with Crippen molar-refractivity contribution in [3.8, 4) is 11.3 Å². The van der Waals surface area contributed by atoms with Crippen molar-refractivity contribution in [2.24, 2.45) is 0 Å². The second-order valence-electron chi connectivity index (χ2n) is 15.3. The highest BCUT2D eigenvalue weighted by Gasteiger charge is 2.52. The van der Waals surface area contributed by atoms with E-state index in [0.29, 0.717) is 11.1 Å². The Morgan fingerprint density at radius 1 is 0.411 bits per heavy atom. The summed E-state index contributed by atoms with van der Waals surface area (Å²) in [5.41, 5.74) is -11.3. The van der Waals surface area contributed by atoms with Gasteiger partial charge in [0.1, 0.15) is 52.7 Å². The first-order chi connectivity index (χ1) is 34.3. The lowest BCUT2D eigenvalue weighted by atomic mass is 9.12. The number of hydrogen-bond acceptors (Lipinski definition) is 3. The second kappa shape index (κ2) is 19.7. The van der Waals surface area contributed by atoms with Crippen molar-refractivity contribution in [1.82, 2.24) is 0 Å². The average Bonchev–Trinajstić information content (AvgIpc) is 3.39. The van der Waals surface area contributed by atoms with E-state index in [-0.39, 0.29) is 18.0 Å². The zero-order valence-electron chi connectivity index (χ0n) is 35.1. The Balaban J connectivity index is 0.000000237. The number of para-hydroxylation sites is 1. The van der Waals surface area contributed by atoms with Gasteiger partial charge in [-0.3, -0.25) is 14.9 Å². The zero-order valence-corrected chi connectivity index (χ0v) is 35.1. The normalized spacial score (nSPS) is 11.5. The van der Waals surface area contributed by atoms with Crippen LogP contribution < -0.4 is 26.4 Å². The fraction of sp³-hybridized carbons (Fsp3) is 0.0213. The predicted octanol–water partition coefficient (Wildman–Crippen LogP) is 10.4. The lowest BCUT2D eigenvalue weighted by Gasteiger charge is -2.44. The molecule has 0 saturated heterocycles. The number of nitro groups is 1. The smallest absolute Gasteiger partial charge is 0.270 e. The highest BCUT2D eigenvalue weighted by atomic mass is 19.2. The van der Waals surface area contributed by atoms with E-state index in [1.165, 1.54) is 12.1 Å². The van der Waals surface area contributed by atoms with E-state index in [2.05, 4.69) is 0 Å². The number of Topliss-reactive ketones (excluding diaryl/α,β-unsaturated/α-hetero) is 1. The molecular weight excluding hydrogens is 1030 g/mol. The van der Waals surface area contributed by atoms with Crippen LogP contribution in [0.3, 0.4) is 0 Å². The number of nitrogens with zero attached hydrogens (tertiary/aromatic N) is 2. The number of carbonyl (C=O) groups is 1. The van der Waals surface area contributed by atoms with E-state index in [4.69, 9.17) is 0 Å². The monoisotopic (exact) mass is 1050 g/mol. The summed E-state index contributed by atoms with van der Waals surface area (Å²) in [6, 6.07) is 27.3. The molecule has 0 saturated carbocycles. The molecule has 8 aromatic rings. The lowest BCUT2D eigenvalue weighted by Crippen LogP contribution is -2.81. The Hall–Kier alpha value is -8.32. The first kappa shape index (κ1) is 52.5. The molecule has 0 N–H and O–H groups in total. The topological polar surface area (TPSA) is 64.1 Å². The van der Waals surface area contributed by atoms with Gasteiger partial charge in [0, 0.05) is 35.2 Å². The van der Waals surface area contributed by atoms with Gasteiger partial charge in [-0.2, -0.15) is 4.57 Å². The summed E-state index contributed by atoms with van der Waals surface area (Å²) in [6.07, 6.45) is -7.22. The number of non-ortho nitro benzene ring substituents is 1. The third-order valence-corrected chi connectivity index (χ3v) is 11.4. The number of halogens is 20. The Morgan fingerprint density at radius 3 is 1.12 bits per heavy atom. The molecule has 0 aliphatic carbocycles. The van der Waals surface area contributed by atoms with Gasteiger partial charge in [-0.1, -0.05) is 48.5 Å². The number of hydrogen-bond donors (Lipinski definition) is 0. The number of rotatable bonds is 9. The molecule has 0 bridgehead atoms. The Bertz CT molecular complexity index is 3240. The van der Waals surface area contributed by atoms with Crippen LogP contribution >= 0.6 is 0 Å². The van der Waals surface area contributed by atoms with E-state index < -0.39 is 149 Å². The van der Waals surface area contributed by atoms with Crippen molar-refractivity contribution in [2.45, 2.75) is 6.54 Å². The number of pyridine rings is 1. The Labute approximate surface area is 392 Å². The maximum Gasteiger partial charge on any atom is 0.270 e. The number of fused-ring (bicyclic) bond motifs is 1. The van der Waals surface area contributed by atoms with E-state index in [9.17, 15) is 67.6 Å². The third kappa shape index (κ3) is 8.42. The maximum atomic E-state index is 15.4. The first-order valence-corrected chi connectivity index (χ1v) is 19.8. The summed E-state index contributed by atoms with van der Waals surface area (Å²) in [6.45, 7) is 0.142. The fourth-order valence-corrected chi connectivity index (χ4v) is 8.20. The molecule has 5 nitrogen and oxygen atoms in total. The van der Waals surface area contributed by atoms with Crippen LogP contribution in [-0.2, 0) is 6.54 Å². The van der Waals surface area contributed by atoms with Crippen LogP contribution in [0.1, 0.15) is 10.4 Å². The summed E-state index contributed by atoms with van der Waals surface area (Å²) >= 11 is 0. The molecular formula is C47H17BF20N2O3. The maximum absolute atomic E-state index is 15.4. The molecule has 7 aromatic carbocycles. The summed E-state index contributed by atoms with van der Waals surface area (Å²) < 4.78 is 296. The molecule has 26 heteroatoms. The van der Waals surface area contributed by atoms with E-state index in [1.54, 1.807) is 18.2 Å². The lowest BCUT2D eigenvalue weighted by molar-refractivity contribution is -0.646. The van der Waals surface area contributed by atoms with Gasteiger partial charge in [-0.05, 0) is 18.2 Å². The molecule has 0 atom stereocenters. The summed E-state index contributed by atoms with van der Waals surface area (Å²) in [5.74, 6) is -71.4. The molecule has 0 spiro atoms. The molecule has 0 fully saturated rings. The Morgan fingerprint density at radius 2 is 0.753 bits per heavy atom. The van der Waals surface area contributed by atoms with Crippen molar-refractivity contribution in [2.75, 3.05) is 0 Å². The SMILES string of the molecule is Fc1c(F)c(F)c([B-](c2c(F)c(F)c(F)c(F)c2F)(c2c(F)c(F)c(F)c(F)c2F)c2c(F)c(F)c(F)c(F)c2F)c(F)c1F.O=C(C[n+]1c(-c2cccc([N+](=O)[O-])c2)ccc2ccccc21)c1ccccc1. The number of benzene rings is 7. The molecule has 376 valence electrons. The van der Waals surface area contributed by atoms with Gasteiger partial charge in [-0.25, -0.2) is 87.8 Å². The molecule has 8 rings (SSSR count). The van der Waals surface area contributed by atoms with Gasteiger partial charge in [0.25, 0.3) is 5.69 Å². The van der Waals surface area contributed by atoms with Gasteiger partial charge in [0.2, 0.25) is 23.5 Å². The van der Waals surface area contributed by atoms with Crippen LogP contribution in [0, 0.1) is 126 Å². The van der Waals surface area contributed by atoms with Crippen LogP contribution in [0.25, 0.3) is 22.2 Å². The number of nitro benzene ring substituents is 1. The summed E-state index contributed by atoms with van der Waals surface area (Å²) in [4.78, 5) is 23.7. The minimum Gasteiger partial charge on any atom is -0.287 e. The van der Waals surface area contributed by atoms with Gasteiger partial charge < -0.3 is 0 Å². The average molecular weight is 1050 g/mol. The molecule has 0 aliphatic heterocycles. The summed E-state index contributed by atoms with van der Waals surface area (Å²) in [5, 5.41) is 12.2. The molecule has 73 heavy (non-hydrogen) atoms. The van der Waals surface area contributed by atoms with Gasteiger partial charge in [0.05, 0.1) is 10.5 Å². The third-order valence-electron chi connectivity index (χ3n) is 11.4. The molecule has 1 aromatic heterocycles. The molecule has 0 aliphatic rings. The highest BCUT2D eigenvalue weighted by Crippen LogP contribution is 2.31. The van der Waals surface area contributed by atoms with Crippen molar-refractivity contribution in [3.63, 3.8) is 0 Å². The largest absolute Gasteiger partial charge is 0.287 e. The van der Waals surface area contributed by atoms with E-state index in [0.717, 1.165) is 16.6 Å². The molecule has 1 heterocycles. The summed E-state index contributed by atoms with van der Waals surface area (Å²) in [7, 11) is 0. The van der Waals surface area contributed by atoms with Crippen LogP contribution in [-0.4, -0.2) is 16.9 Å². The first-order valence-electron chi connectivity index (χ1n) is 19.8. The standard InChI is InChI=1S/C24BF20.C23H17N2O3/c26-5-1(6(27)14(35)21(42)13(5)34)25(2-7(28)15(36)22(43)16(37)8(2)29,3-9(30)17(38)23(44)18(39)10(3)31)4-11(32)19(40)24(45)20(41)12(4)33;26-23(18-8-2-1-3-9-18)16-24-21-12-5-4-7-17(21)13-14-22(24)19-10-6-11-20(15-19)25(27)28/h;1-15H,16H2/q-1;+1. The van der Waals surface area contributed by atoms with Crippen LogP contribution in [0.5, 0.6) is 0 Å². The minimum atomic E-state index is -7.22. The van der Waals surface area contributed by atoms with Crippen molar-refractivity contribution in [1.29, 1.82) is 0 Å². The van der Waals surface area contributed by atoms with Gasteiger partial charge in [-0.15, -0.1) is 21.9 Å². The highest BCUT2D eigenvalue weighted by molar-refractivity contribution is 7.20. The zero-order chi connectivity index (χ0) is 53.9. The molecule has 0 radical (unpaired) electrons. The van der Waals surface area contributed by atoms with Crippen molar-refractivity contribution in [3.05, 3.63) is 223 Å². The van der Waals surface area contributed by atoms with Crippen LogP contribution in [0.4, 0.5) is 93.5 Å². The minimum absolute atomic E-state index is 0.0198. The quantitative estimate of drug-likeness (QED) is 0.0212. The molecule has 0 unspecified atom stereocenters. The van der Waals surface area contributed by atoms with Gasteiger partial charge in [0.15, 0.2) is 69.8 Å². The fourth-order valence-electron chi connectivity index (χ4n) is 8.20. The van der Waals surface area contributed by atoms with Crippen LogP contribution in [0.15, 0.2) is 91.0 Å². The van der Waals surface area contributed by atoms with Crippen molar-refractivity contribution < 1.29 is 102 Å². The predicted molar refractivity (Wildman–Crippen MR) is 216 cm³/mol. The molecule has 0 amide bonds.